The third-order valence-corrected chi connectivity index (χ3v) is 4.18. The van der Waals surface area contributed by atoms with Crippen LogP contribution in [0.3, 0.4) is 0 Å². The maximum absolute atomic E-state index is 12.3. The summed E-state index contributed by atoms with van der Waals surface area (Å²) in [6.07, 6.45) is 2.40. The fraction of sp³-hybridized carbons (Fsp3) is 0.533. The van der Waals surface area contributed by atoms with Crippen LogP contribution in [0.2, 0.25) is 10.0 Å². The first kappa shape index (κ1) is 15.6. The van der Waals surface area contributed by atoms with Crippen molar-refractivity contribution in [2.24, 2.45) is 5.92 Å². The van der Waals surface area contributed by atoms with Crippen LogP contribution in [0.15, 0.2) is 18.2 Å². The lowest BCUT2D eigenvalue weighted by atomic mass is 9.99. The molecule has 1 N–H and O–H groups in total. The predicted octanol–water partition coefficient (Wildman–Crippen LogP) is 4.05. The Labute approximate surface area is 130 Å². The van der Waals surface area contributed by atoms with Crippen molar-refractivity contribution in [3.05, 3.63) is 28.2 Å². The minimum absolute atomic E-state index is 0.0163. The summed E-state index contributed by atoms with van der Waals surface area (Å²) in [7, 11) is 0. The first-order valence-electron chi connectivity index (χ1n) is 6.96. The van der Waals surface area contributed by atoms with Gasteiger partial charge in [0.15, 0.2) is 0 Å². The van der Waals surface area contributed by atoms with Crippen molar-refractivity contribution < 1.29 is 4.79 Å². The predicted molar refractivity (Wildman–Crippen MR) is 84.5 cm³/mol. The number of amides is 1. The molecule has 3 nitrogen and oxygen atoms in total. The van der Waals surface area contributed by atoms with Gasteiger partial charge in [-0.15, -0.1) is 0 Å². The molecule has 1 amide bonds. The maximum Gasteiger partial charge on any atom is 0.241 e. The van der Waals surface area contributed by atoms with Crippen molar-refractivity contribution in [1.82, 2.24) is 4.90 Å². The number of hydrogen-bond donors (Lipinski definition) is 1. The van der Waals surface area contributed by atoms with E-state index in [-0.39, 0.29) is 11.9 Å². The molecule has 0 aliphatic carbocycles. The molecule has 110 valence electrons. The Balaban J connectivity index is 2.00. The largest absolute Gasteiger partial charge is 0.325 e. The number of nitrogens with one attached hydrogen (secondary N) is 1. The summed E-state index contributed by atoms with van der Waals surface area (Å²) < 4.78 is 0. The van der Waals surface area contributed by atoms with Gasteiger partial charge >= 0.3 is 0 Å². The lowest BCUT2D eigenvalue weighted by Gasteiger charge is -2.34. The number of benzene rings is 1. The number of carbonyl (C=O) groups is 1. The van der Waals surface area contributed by atoms with E-state index in [9.17, 15) is 4.79 Å². The van der Waals surface area contributed by atoms with Crippen molar-refractivity contribution in [3.8, 4) is 0 Å². The lowest BCUT2D eigenvalue weighted by molar-refractivity contribution is -0.121. The summed E-state index contributed by atoms with van der Waals surface area (Å²) in [5.41, 5.74) is 0.643. The molecule has 0 unspecified atom stereocenters. The first-order valence-corrected chi connectivity index (χ1v) is 7.72. The standard InChI is InChI=1S/C15H20Cl2N2O/c1-10-4-3-5-19(9-10)11(2)15(20)18-14-7-12(16)6-13(17)8-14/h6-8,10-11H,3-5,9H2,1-2H3,(H,18,20)/t10-,11-/m1/s1. The number of likely N-dealkylation sites (tertiary alicyclic amines) is 1. The maximum atomic E-state index is 12.3. The second kappa shape index (κ2) is 6.79. The molecule has 0 saturated carbocycles. The van der Waals surface area contributed by atoms with Crippen LogP contribution in [-0.4, -0.2) is 29.9 Å². The van der Waals surface area contributed by atoms with Gasteiger partial charge in [0.25, 0.3) is 0 Å². The van der Waals surface area contributed by atoms with E-state index >= 15 is 0 Å². The van der Waals surface area contributed by atoms with Crippen molar-refractivity contribution >= 4 is 34.8 Å². The van der Waals surface area contributed by atoms with E-state index in [0.717, 1.165) is 19.5 Å². The zero-order valence-electron chi connectivity index (χ0n) is 11.8. The van der Waals surface area contributed by atoms with Gasteiger partial charge in [0.1, 0.15) is 0 Å². The number of nitrogens with zero attached hydrogens (tertiary/aromatic N) is 1. The van der Waals surface area contributed by atoms with E-state index in [1.54, 1.807) is 18.2 Å². The zero-order valence-corrected chi connectivity index (χ0v) is 13.3. The molecule has 0 spiro atoms. The molecule has 1 aromatic rings. The van der Waals surface area contributed by atoms with E-state index < -0.39 is 0 Å². The van der Waals surface area contributed by atoms with E-state index in [2.05, 4.69) is 17.1 Å². The summed E-state index contributed by atoms with van der Waals surface area (Å²) in [4.78, 5) is 14.5. The number of rotatable bonds is 3. The molecule has 0 aromatic heterocycles. The molecule has 1 aliphatic rings. The van der Waals surface area contributed by atoms with E-state index in [1.807, 2.05) is 6.92 Å². The van der Waals surface area contributed by atoms with Gasteiger partial charge in [-0.1, -0.05) is 30.1 Å². The highest BCUT2D eigenvalue weighted by Gasteiger charge is 2.25. The average Bonchev–Trinajstić information content (AvgIpc) is 2.36. The third-order valence-electron chi connectivity index (χ3n) is 3.75. The van der Waals surface area contributed by atoms with Crippen LogP contribution in [-0.2, 0) is 4.79 Å². The Hall–Kier alpha value is -0.770. The Morgan fingerprint density at radius 2 is 2.00 bits per heavy atom. The second-order valence-corrected chi connectivity index (χ2v) is 6.44. The number of hydrogen-bond acceptors (Lipinski definition) is 2. The summed E-state index contributed by atoms with van der Waals surface area (Å²) >= 11 is 11.9. The minimum Gasteiger partial charge on any atom is -0.325 e. The molecule has 0 bridgehead atoms. The highest BCUT2D eigenvalue weighted by atomic mass is 35.5. The second-order valence-electron chi connectivity index (χ2n) is 5.57. The van der Waals surface area contributed by atoms with Crippen LogP contribution >= 0.6 is 23.2 Å². The summed E-state index contributed by atoms with van der Waals surface area (Å²) in [6, 6.07) is 4.91. The van der Waals surface area contributed by atoms with Gasteiger partial charge in [0.2, 0.25) is 5.91 Å². The molecule has 2 atom stereocenters. The Morgan fingerprint density at radius 1 is 1.35 bits per heavy atom. The Morgan fingerprint density at radius 3 is 2.60 bits per heavy atom. The van der Waals surface area contributed by atoms with Crippen LogP contribution < -0.4 is 5.32 Å². The van der Waals surface area contributed by atoms with Crippen molar-refractivity contribution in [2.45, 2.75) is 32.7 Å². The molecule has 0 radical (unpaired) electrons. The summed E-state index contributed by atoms with van der Waals surface area (Å²) in [5.74, 6) is 0.636. The van der Waals surface area contributed by atoms with Crippen LogP contribution in [0, 0.1) is 5.92 Å². The summed E-state index contributed by atoms with van der Waals surface area (Å²) in [5, 5.41) is 3.93. The van der Waals surface area contributed by atoms with Gasteiger partial charge in [-0.25, -0.2) is 0 Å². The van der Waals surface area contributed by atoms with Crippen molar-refractivity contribution in [3.63, 3.8) is 0 Å². The first-order chi connectivity index (χ1) is 9.45. The molecule has 20 heavy (non-hydrogen) atoms. The molecule has 1 heterocycles. The van der Waals surface area contributed by atoms with Gasteiger partial charge in [0, 0.05) is 22.3 Å². The van der Waals surface area contributed by atoms with Gasteiger partial charge < -0.3 is 5.32 Å². The number of carbonyl (C=O) groups excluding carboxylic acids is 1. The molecule has 1 fully saturated rings. The molecule has 1 saturated heterocycles. The molecule has 1 aliphatic heterocycles. The lowest BCUT2D eigenvalue weighted by Crippen LogP contribution is -2.46. The molecule has 1 aromatic carbocycles. The minimum atomic E-state index is -0.143. The third kappa shape index (κ3) is 4.11. The number of piperidine rings is 1. The molecular formula is C15H20Cl2N2O. The zero-order chi connectivity index (χ0) is 14.7. The normalized spacial score (nSPS) is 21.5. The molecule has 2 rings (SSSR count). The fourth-order valence-electron chi connectivity index (χ4n) is 2.62. The topological polar surface area (TPSA) is 32.3 Å². The van der Waals surface area contributed by atoms with E-state index in [1.165, 1.54) is 6.42 Å². The monoisotopic (exact) mass is 314 g/mol. The van der Waals surface area contributed by atoms with Gasteiger partial charge in [-0.3, -0.25) is 9.69 Å². The van der Waals surface area contributed by atoms with E-state index in [0.29, 0.717) is 21.7 Å². The average molecular weight is 315 g/mol. The Kier molecular flexibility index (Phi) is 5.30. The van der Waals surface area contributed by atoms with Crippen molar-refractivity contribution in [1.29, 1.82) is 0 Å². The van der Waals surface area contributed by atoms with Crippen molar-refractivity contribution in [2.75, 3.05) is 18.4 Å². The van der Waals surface area contributed by atoms with Crippen LogP contribution in [0.1, 0.15) is 26.7 Å². The van der Waals surface area contributed by atoms with E-state index in [4.69, 9.17) is 23.2 Å². The highest BCUT2D eigenvalue weighted by molar-refractivity contribution is 6.35. The number of anilines is 1. The SMILES string of the molecule is C[C@@H]1CCCN([C@H](C)C(=O)Nc2cc(Cl)cc(Cl)c2)C1. The summed E-state index contributed by atoms with van der Waals surface area (Å²) in [6.45, 7) is 6.13. The molecule has 5 heteroatoms. The highest BCUT2D eigenvalue weighted by Crippen LogP contribution is 2.23. The van der Waals surface area contributed by atoms with Gasteiger partial charge in [-0.2, -0.15) is 0 Å². The van der Waals surface area contributed by atoms with Crippen LogP contribution in [0.25, 0.3) is 0 Å². The quantitative estimate of drug-likeness (QED) is 0.912. The van der Waals surface area contributed by atoms with Gasteiger partial charge in [0.05, 0.1) is 6.04 Å². The van der Waals surface area contributed by atoms with Gasteiger partial charge in [-0.05, 0) is 50.4 Å². The fourth-order valence-corrected chi connectivity index (χ4v) is 3.14. The Bertz CT molecular complexity index is 473. The number of halogens is 2. The molecular weight excluding hydrogens is 295 g/mol. The van der Waals surface area contributed by atoms with Crippen LogP contribution in [0.5, 0.6) is 0 Å². The van der Waals surface area contributed by atoms with Crippen LogP contribution in [0.4, 0.5) is 5.69 Å². The smallest absolute Gasteiger partial charge is 0.241 e.